The smallest absolute Gasteiger partial charge is 0.286 e. The number of nitrogens with one attached hydrogen (secondary N) is 1. The molecule has 0 fully saturated rings. The van der Waals surface area contributed by atoms with Crippen molar-refractivity contribution in [1.29, 1.82) is 0 Å². The average Bonchev–Trinajstić information content (AvgIpc) is 3.39. The number of fused-ring (bicyclic) bond motifs is 4. The Morgan fingerprint density at radius 3 is 2.73 bits per heavy atom. The molecule has 274 valence electrons. The van der Waals surface area contributed by atoms with E-state index in [-0.39, 0.29) is 34.7 Å². The number of aromatic nitrogens is 1. The van der Waals surface area contributed by atoms with E-state index >= 15 is 0 Å². The summed E-state index contributed by atoms with van der Waals surface area (Å²) in [6, 6.07) is 20.9. The van der Waals surface area contributed by atoms with Gasteiger partial charge in [0.15, 0.2) is 0 Å². The van der Waals surface area contributed by atoms with E-state index in [0.717, 1.165) is 40.9 Å². The van der Waals surface area contributed by atoms with Crippen LogP contribution >= 0.6 is 11.6 Å². The molecule has 52 heavy (non-hydrogen) atoms. The van der Waals surface area contributed by atoms with Gasteiger partial charge >= 0.3 is 0 Å². The van der Waals surface area contributed by atoms with Gasteiger partial charge in [0.25, 0.3) is 11.8 Å². The summed E-state index contributed by atoms with van der Waals surface area (Å²) in [6.07, 6.45) is 7.95. The van der Waals surface area contributed by atoms with Crippen molar-refractivity contribution in [3.05, 3.63) is 106 Å². The summed E-state index contributed by atoms with van der Waals surface area (Å²) in [7, 11) is 0.00875. The highest BCUT2D eigenvalue weighted by molar-refractivity contribution is 7.92. The molecule has 2 aliphatic heterocycles. The first-order valence-electron chi connectivity index (χ1n) is 18.1. The van der Waals surface area contributed by atoms with Crippen LogP contribution in [0.1, 0.15) is 71.5 Å². The largest absolute Gasteiger partial charge is 0.490 e. The van der Waals surface area contributed by atoms with Crippen molar-refractivity contribution in [3.63, 3.8) is 0 Å². The maximum absolute atomic E-state index is 14.5. The summed E-state index contributed by atoms with van der Waals surface area (Å²) >= 11 is 6.46. The molecule has 1 N–H and O–H groups in total. The van der Waals surface area contributed by atoms with Crippen molar-refractivity contribution in [3.8, 4) is 5.75 Å². The Balaban J connectivity index is 1.29. The van der Waals surface area contributed by atoms with Gasteiger partial charge in [-0.3, -0.25) is 14.3 Å². The Hall–Kier alpha value is -4.12. The topological polar surface area (TPSA) is 102 Å². The van der Waals surface area contributed by atoms with Crippen LogP contribution in [0.25, 0.3) is 10.9 Å². The van der Waals surface area contributed by atoms with Gasteiger partial charge in [-0.1, -0.05) is 61.9 Å². The first-order chi connectivity index (χ1) is 25.0. The lowest BCUT2D eigenvalue weighted by Crippen LogP contribution is -2.47. The molecular formula is C41H47ClN4O5S. The molecule has 7 rings (SSSR count). The molecule has 11 heteroatoms. The van der Waals surface area contributed by atoms with Crippen molar-refractivity contribution in [2.24, 2.45) is 23.2 Å². The summed E-state index contributed by atoms with van der Waals surface area (Å²) in [5.74, 6) is -0.124. The number of aryl methyl sites for hydroxylation is 2. The molecule has 4 aromatic rings. The monoisotopic (exact) mass is 742 g/mol. The minimum atomic E-state index is -3.51. The highest BCUT2D eigenvalue weighted by atomic mass is 35.5. The predicted molar refractivity (Wildman–Crippen MR) is 208 cm³/mol. The number of carbonyl (C=O) groups excluding carboxylic acids is 2. The zero-order valence-electron chi connectivity index (χ0n) is 30.3. The van der Waals surface area contributed by atoms with E-state index in [1.165, 1.54) is 11.1 Å². The molecule has 5 atom stereocenters. The van der Waals surface area contributed by atoms with E-state index in [4.69, 9.17) is 21.1 Å². The van der Waals surface area contributed by atoms with Crippen molar-refractivity contribution >= 4 is 49.9 Å². The lowest BCUT2D eigenvalue weighted by Gasteiger charge is -2.42. The molecule has 1 aliphatic carbocycles. The van der Waals surface area contributed by atoms with Crippen molar-refractivity contribution in [2.75, 3.05) is 37.5 Å². The summed E-state index contributed by atoms with van der Waals surface area (Å²) in [5, 5.41) is 1.62. The van der Waals surface area contributed by atoms with Crippen LogP contribution in [0, 0.1) is 11.8 Å². The normalized spacial score (nSPS) is 27.3. The summed E-state index contributed by atoms with van der Waals surface area (Å²) in [4.78, 5) is 30.0. The van der Waals surface area contributed by atoms with Crippen LogP contribution in [0.3, 0.4) is 0 Å². The van der Waals surface area contributed by atoms with Gasteiger partial charge in [-0.25, -0.2) is 4.21 Å². The standard InChI is InChI=1S/C41H47ClN4O5S/c1-27-24-46-25-41(19-10-12-29-21-32(42)16-17-33(29)41)26-51-38-18-15-31(23-35(38)46)39(47)43-52(49,20-9-5-6-14-37(50-4)28(27)2)44-40(48)36-22-30-11-7-8-13-34(30)45(36)3/h6-8,11,13-18,21-23,27-28,37H,5,9-10,12,19-20,24-26H2,1-4H3,(H,43,44,47,48,49)/b14-6+/t27-,28+,37-,41-,52?/m0/s1. The number of hydrogen-bond donors (Lipinski definition) is 1. The summed E-state index contributed by atoms with van der Waals surface area (Å²) in [5.41, 5.74) is 4.51. The second kappa shape index (κ2) is 14.7. The Morgan fingerprint density at radius 1 is 1.10 bits per heavy atom. The van der Waals surface area contributed by atoms with Gasteiger partial charge in [0.1, 0.15) is 21.4 Å². The fraction of sp³-hybridized carbons (Fsp3) is 0.415. The van der Waals surface area contributed by atoms with Crippen LogP contribution in [0.5, 0.6) is 5.75 Å². The van der Waals surface area contributed by atoms with E-state index in [0.29, 0.717) is 44.0 Å². The third-order valence-electron chi connectivity index (χ3n) is 11.3. The van der Waals surface area contributed by atoms with Crippen LogP contribution in [-0.2, 0) is 33.5 Å². The molecule has 2 amide bonds. The number of ether oxygens (including phenoxy) is 2. The molecule has 0 radical (unpaired) electrons. The third kappa shape index (κ3) is 7.13. The minimum absolute atomic E-state index is 0.00842. The SMILES string of the molecule is CO[C@H]1/C=C/CCCS(=O)(NC(=O)c2cc3ccccc3n2C)=NC(=O)c2ccc3c(c2)N(C[C@H](C)[C@H]1C)C[C@@]1(CCCc2cc(Cl)ccc21)CO3. The fourth-order valence-corrected chi connectivity index (χ4v) is 9.95. The van der Waals surface area contributed by atoms with Gasteiger partial charge in [-0.05, 0) is 97.5 Å². The van der Waals surface area contributed by atoms with Gasteiger partial charge < -0.3 is 18.9 Å². The first-order valence-corrected chi connectivity index (χ1v) is 20.2. The van der Waals surface area contributed by atoms with E-state index in [1.54, 1.807) is 30.9 Å². The highest BCUT2D eigenvalue weighted by Crippen LogP contribution is 2.45. The van der Waals surface area contributed by atoms with Crippen molar-refractivity contribution in [1.82, 2.24) is 9.29 Å². The minimum Gasteiger partial charge on any atom is -0.490 e. The second-order valence-electron chi connectivity index (χ2n) is 14.7. The van der Waals surface area contributed by atoms with E-state index in [2.05, 4.69) is 46.0 Å². The molecule has 1 unspecified atom stereocenters. The molecule has 0 saturated carbocycles. The average molecular weight is 743 g/mol. The van der Waals surface area contributed by atoms with Crippen LogP contribution in [0.15, 0.2) is 83.2 Å². The second-order valence-corrected chi connectivity index (χ2v) is 17.2. The molecule has 1 spiro atoms. The molecule has 3 heterocycles. The van der Waals surface area contributed by atoms with Gasteiger partial charge in [0.05, 0.1) is 24.2 Å². The van der Waals surface area contributed by atoms with Crippen molar-refractivity contribution < 1.29 is 23.3 Å². The Morgan fingerprint density at radius 2 is 1.92 bits per heavy atom. The number of rotatable bonds is 3. The molecule has 3 aromatic carbocycles. The Bertz CT molecular complexity index is 2170. The number of allylic oxidation sites excluding steroid dienone is 1. The fourth-order valence-electron chi connectivity index (χ4n) is 8.19. The zero-order valence-corrected chi connectivity index (χ0v) is 31.8. The lowest BCUT2D eigenvalue weighted by atomic mass is 9.70. The molecule has 0 saturated heterocycles. The molecule has 3 aliphatic rings. The number of halogens is 1. The number of anilines is 1. The van der Waals surface area contributed by atoms with Gasteiger partial charge in [0, 0.05) is 54.2 Å². The molecule has 9 nitrogen and oxygen atoms in total. The van der Waals surface area contributed by atoms with Crippen LogP contribution in [0.4, 0.5) is 5.69 Å². The van der Waals surface area contributed by atoms with Gasteiger partial charge in [-0.15, -0.1) is 4.36 Å². The Kier molecular flexibility index (Phi) is 10.3. The van der Waals surface area contributed by atoms with Crippen molar-refractivity contribution in [2.45, 2.75) is 57.5 Å². The van der Waals surface area contributed by atoms with Crippen LogP contribution in [0.2, 0.25) is 5.02 Å². The molecule has 1 aromatic heterocycles. The summed E-state index contributed by atoms with van der Waals surface area (Å²) in [6.45, 7) is 6.33. The van der Waals surface area contributed by atoms with Crippen LogP contribution in [-0.4, -0.2) is 59.3 Å². The zero-order chi connectivity index (χ0) is 36.6. The van der Waals surface area contributed by atoms with Gasteiger partial charge in [0.2, 0.25) is 0 Å². The number of hydrogen-bond acceptors (Lipinski definition) is 6. The van der Waals surface area contributed by atoms with E-state index < -0.39 is 21.7 Å². The maximum Gasteiger partial charge on any atom is 0.286 e. The van der Waals surface area contributed by atoms with E-state index in [1.807, 2.05) is 48.5 Å². The lowest BCUT2D eigenvalue weighted by molar-refractivity contribution is 0.0744. The third-order valence-corrected chi connectivity index (χ3v) is 13.3. The number of carbonyl (C=O) groups is 2. The molecular weight excluding hydrogens is 696 g/mol. The maximum atomic E-state index is 14.5. The first kappa shape index (κ1) is 36.2. The highest BCUT2D eigenvalue weighted by Gasteiger charge is 2.42. The number of nitrogens with zero attached hydrogens (tertiary/aromatic N) is 3. The Labute approximate surface area is 311 Å². The summed E-state index contributed by atoms with van der Waals surface area (Å²) < 4.78 is 35.9. The van der Waals surface area contributed by atoms with Crippen LogP contribution < -0.4 is 14.4 Å². The number of benzene rings is 3. The number of methoxy groups -OCH3 is 1. The number of amides is 2. The van der Waals surface area contributed by atoms with E-state index in [9.17, 15) is 13.8 Å². The quantitative estimate of drug-likeness (QED) is 0.214. The van der Waals surface area contributed by atoms with Gasteiger partial charge in [-0.2, -0.15) is 0 Å². The molecule has 2 bridgehead atoms. The number of para-hydroxylation sites is 1. The predicted octanol–water partition coefficient (Wildman–Crippen LogP) is 7.90.